The van der Waals surface area contributed by atoms with Gasteiger partial charge in [0.15, 0.2) is 0 Å². The first-order valence-corrected chi connectivity index (χ1v) is 8.67. The minimum absolute atomic E-state index is 0.0572. The number of nitrogens with zero attached hydrogens (tertiary/aromatic N) is 1. The van der Waals surface area contributed by atoms with Crippen LogP contribution in [-0.4, -0.2) is 41.9 Å². The summed E-state index contributed by atoms with van der Waals surface area (Å²) in [6.45, 7) is 0. The van der Waals surface area contributed by atoms with E-state index in [0.29, 0.717) is 24.1 Å². The summed E-state index contributed by atoms with van der Waals surface area (Å²) < 4.78 is 0. The summed E-state index contributed by atoms with van der Waals surface area (Å²) >= 11 is 6.13. The molecule has 6 nitrogen and oxygen atoms in total. The predicted octanol–water partition coefficient (Wildman–Crippen LogP) is 3.41. The second-order valence-electron chi connectivity index (χ2n) is 6.77. The molecule has 0 radical (unpaired) electrons. The number of carbonyl (C=O) groups is 3. The van der Waals surface area contributed by atoms with Gasteiger partial charge in [-0.1, -0.05) is 30.9 Å². The zero-order valence-electron chi connectivity index (χ0n) is 14.5. The molecule has 1 aromatic rings. The Morgan fingerprint density at radius 1 is 1.20 bits per heavy atom. The molecule has 1 aliphatic carbocycles. The summed E-state index contributed by atoms with van der Waals surface area (Å²) in [6, 6.07) is 4.65. The molecule has 1 aliphatic rings. The van der Waals surface area contributed by atoms with Gasteiger partial charge in [0.25, 0.3) is 5.91 Å². The third-order valence-corrected chi connectivity index (χ3v) is 4.97. The van der Waals surface area contributed by atoms with Gasteiger partial charge in [-0.3, -0.25) is 14.4 Å². The van der Waals surface area contributed by atoms with Crippen LogP contribution in [0, 0.1) is 5.41 Å². The molecule has 0 saturated heterocycles. The molecule has 0 heterocycles. The molecule has 1 fully saturated rings. The standard InChI is InChI=1S/C18H23ClN2O4/c1-21(2)16(23)13-7-6-12(10-14(13)19)20-15(22)11-18(17(24)25)8-4-3-5-9-18/h6-7,10H,3-5,8-9,11H2,1-2H3,(H,20,22)(H,24,25). The number of rotatable bonds is 5. The van der Waals surface area contributed by atoms with Crippen LogP contribution < -0.4 is 5.32 Å². The Kier molecular flexibility index (Phi) is 6.06. The number of carboxylic acid groups (broad SMARTS) is 1. The fourth-order valence-electron chi connectivity index (χ4n) is 3.21. The second kappa shape index (κ2) is 7.87. The number of aliphatic carboxylic acids is 1. The SMILES string of the molecule is CN(C)C(=O)c1ccc(NC(=O)CC2(C(=O)O)CCCCC2)cc1Cl. The minimum atomic E-state index is -0.979. The van der Waals surface area contributed by atoms with Crippen LogP contribution >= 0.6 is 11.6 Å². The first kappa shape index (κ1) is 19.2. The summed E-state index contributed by atoms with van der Waals surface area (Å²) in [4.78, 5) is 37.4. The monoisotopic (exact) mass is 366 g/mol. The van der Waals surface area contributed by atoms with Crippen LogP contribution in [0.3, 0.4) is 0 Å². The third kappa shape index (κ3) is 4.51. The number of halogens is 1. The summed E-state index contributed by atoms with van der Waals surface area (Å²) in [6.07, 6.45) is 3.64. The highest BCUT2D eigenvalue weighted by atomic mass is 35.5. The molecule has 0 aliphatic heterocycles. The fourth-order valence-corrected chi connectivity index (χ4v) is 3.48. The lowest BCUT2D eigenvalue weighted by molar-refractivity contribution is -0.153. The van der Waals surface area contributed by atoms with Gasteiger partial charge in [-0.2, -0.15) is 0 Å². The van der Waals surface area contributed by atoms with Crippen LogP contribution in [0.2, 0.25) is 5.02 Å². The molecule has 2 N–H and O–H groups in total. The lowest BCUT2D eigenvalue weighted by Crippen LogP contribution is -2.37. The predicted molar refractivity (Wildman–Crippen MR) is 95.9 cm³/mol. The van der Waals surface area contributed by atoms with Gasteiger partial charge in [0.05, 0.1) is 16.0 Å². The smallest absolute Gasteiger partial charge is 0.310 e. The molecule has 0 atom stereocenters. The molecular weight excluding hydrogens is 344 g/mol. The van der Waals surface area contributed by atoms with Crippen molar-refractivity contribution < 1.29 is 19.5 Å². The molecule has 0 spiro atoms. The van der Waals surface area contributed by atoms with Crippen molar-refractivity contribution in [2.75, 3.05) is 19.4 Å². The number of nitrogens with one attached hydrogen (secondary N) is 1. The number of carbonyl (C=O) groups excluding carboxylic acids is 2. The maximum absolute atomic E-state index is 12.3. The zero-order valence-corrected chi connectivity index (χ0v) is 15.2. The number of hydrogen-bond donors (Lipinski definition) is 2. The van der Waals surface area contributed by atoms with Crippen molar-refractivity contribution >= 4 is 35.1 Å². The Morgan fingerprint density at radius 2 is 1.84 bits per heavy atom. The average Bonchev–Trinajstić information content (AvgIpc) is 2.54. The highest BCUT2D eigenvalue weighted by Crippen LogP contribution is 2.40. The summed E-state index contributed by atoms with van der Waals surface area (Å²) in [5.74, 6) is -1.49. The van der Waals surface area contributed by atoms with Gasteiger partial charge in [0.1, 0.15) is 0 Å². The molecule has 0 unspecified atom stereocenters. The highest BCUT2D eigenvalue weighted by molar-refractivity contribution is 6.34. The fraction of sp³-hybridized carbons (Fsp3) is 0.500. The molecule has 1 saturated carbocycles. The summed E-state index contributed by atoms with van der Waals surface area (Å²) in [5.41, 5.74) is -0.187. The Morgan fingerprint density at radius 3 is 2.36 bits per heavy atom. The van der Waals surface area contributed by atoms with Crippen molar-refractivity contribution in [2.24, 2.45) is 5.41 Å². The van der Waals surface area contributed by atoms with Gasteiger partial charge >= 0.3 is 5.97 Å². The number of benzene rings is 1. The molecule has 136 valence electrons. The topological polar surface area (TPSA) is 86.7 Å². The Bertz CT molecular complexity index is 682. The molecule has 25 heavy (non-hydrogen) atoms. The number of hydrogen-bond acceptors (Lipinski definition) is 3. The molecule has 2 amide bonds. The van der Waals surface area contributed by atoms with Crippen molar-refractivity contribution in [2.45, 2.75) is 38.5 Å². The van der Waals surface area contributed by atoms with Crippen LogP contribution in [-0.2, 0) is 9.59 Å². The summed E-state index contributed by atoms with van der Waals surface area (Å²) in [5, 5.41) is 12.5. The highest BCUT2D eigenvalue weighted by Gasteiger charge is 2.41. The Labute approximate surface area is 152 Å². The lowest BCUT2D eigenvalue weighted by Gasteiger charge is -2.32. The Balaban J connectivity index is 2.08. The van der Waals surface area contributed by atoms with Crippen LogP contribution in [0.25, 0.3) is 0 Å². The lowest BCUT2D eigenvalue weighted by atomic mass is 9.71. The number of anilines is 1. The van der Waals surface area contributed by atoms with Crippen LogP contribution in [0.4, 0.5) is 5.69 Å². The van der Waals surface area contributed by atoms with E-state index in [1.807, 2.05) is 0 Å². The third-order valence-electron chi connectivity index (χ3n) is 4.65. The van der Waals surface area contributed by atoms with Crippen LogP contribution in [0.5, 0.6) is 0 Å². The van der Waals surface area contributed by atoms with E-state index in [9.17, 15) is 19.5 Å². The van der Waals surface area contributed by atoms with E-state index in [-0.39, 0.29) is 23.3 Å². The van der Waals surface area contributed by atoms with Gasteiger partial charge in [-0.15, -0.1) is 0 Å². The van der Waals surface area contributed by atoms with Crippen molar-refractivity contribution in [3.05, 3.63) is 28.8 Å². The van der Waals surface area contributed by atoms with Gasteiger partial charge in [-0.25, -0.2) is 0 Å². The van der Waals surface area contributed by atoms with Gasteiger partial charge in [0.2, 0.25) is 5.91 Å². The summed E-state index contributed by atoms with van der Waals surface area (Å²) in [7, 11) is 3.26. The van der Waals surface area contributed by atoms with E-state index in [0.717, 1.165) is 19.3 Å². The van der Waals surface area contributed by atoms with Crippen LogP contribution in [0.1, 0.15) is 48.9 Å². The second-order valence-corrected chi connectivity index (χ2v) is 7.17. The maximum Gasteiger partial charge on any atom is 0.310 e. The first-order valence-electron chi connectivity index (χ1n) is 8.30. The van der Waals surface area contributed by atoms with E-state index in [4.69, 9.17) is 11.6 Å². The van der Waals surface area contributed by atoms with Crippen LogP contribution in [0.15, 0.2) is 18.2 Å². The van der Waals surface area contributed by atoms with E-state index >= 15 is 0 Å². The van der Waals surface area contributed by atoms with Crippen molar-refractivity contribution in [1.82, 2.24) is 4.90 Å². The van der Waals surface area contributed by atoms with Gasteiger partial charge in [0, 0.05) is 26.2 Å². The average molecular weight is 367 g/mol. The quantitative estimate of drug-likeness (QED) is 0.836. The molecular formula is C18H23ClN2O4. The largest absolute Gasteiger partial charge is 0.481 e. The molecule has 0 bridgehead atoms. The number of amides is 2. The van der Waals surface area contributed by atoms with Crippen molar-refractivity contribution in [3.63, 3.8) is 0 Å². The molecule has 2 rings (SSSR count). The molecule has 1 aromatic carbocycles. The van der Waals surface area contributed by atoms with E-state index in [1.165, 1.54) is 11.0 Å². The number of carboxylic acids is 1. The molecule has 0 aromatic heterocycles. The van der Waals surface area contributed by atoms with E-state index < -0.39 is 11.4 Å². The van der Waals surface area contributed by atoms with Gasteiger partial charge < -0.3 is 15.3 Å². The van der Waals surface area contributed by atoms with Crippen molar-refractivity contribution in [1.29, 1.82) is 0 Å². The molecule has 7 heteroatoms. The van der Waals surface area contributed by atoms with Gasteiger partial charge in [-0.05, 0) is 31.0 Å². The Hall–Kier alpha value is -2.08. The van der Waals surface area contributed by atoms with Crippen molar-refractivity contribution in [3.8, 4) is 0 Å². The van der Waals surface area contributed by atoms with E-state index in [2.05, 4.69) is 5.32 Å². The minimum Gasteiger partial charge on any atom is -0.481 e. The van der Waals surface area contributed by atoms with E-state index in [1.54, 1.807) is 26.2 Å². The maximum atomic E-state index is 12.3. The normalized spacial score (nSPS) is 16.1. The first-order chi connectivity index (χ1) is 11.7. The zero-order chi connectivity index (χ0) is 18.6.